The molecule has 0 aliphatic carbocycles. The van der Waals surface area contributed by atoms with Crippen molar-refractivity contribution in [1.29, 1.82) is 0 Å². The van der Waals surface area contributed by atoms with E-state index in [0.717, 1.165) is 0 Å². The molecule has 0 heterocycles. The SMILES string of the molecule is Nc1cc(N=Nc2c(N)ccc3cc(S(=O)(=O)[O-])ccc23)ccc1Oc1ccc(N=Nc2c(N)ccc3cc(S(=O)(=O)[O-])ccc23)cc1N.[Na+].[Na+]. The first-order chi connectivity index (χ1) is 23.2. The fourth-order valence-electron chi connectivity index (χ4n) is 4.87. The van der Waals surface area contributed by atoms with Crippen LogP contribution in [0.2, 0.25) is 0 Å². The van der Waals surface area contributed by atoms with Crippen molar-refractivity contribution in [3.8, 4) is 11.5 Å². The fourth-order valence-corrected chi connectivity index (χ4v) is 5.88. The molecule has 0 bridgehead atoms. The summed E-state index contributed by atoms with van der Waals surface area (Å²) in [5.41, 5.74) is 26.9. The average molecular weight is 743 g/mol. The van der Waals surface area contributed by atoms with Crippen molar-refractivity contribution in [2.75, 3.05) is 22.9 Å². The van der Waals surface area contributed by atoms with Gasteiger partial charge < -0.3 is 36.8 Å². The van der Waals surface area contributed by atoms with Gasteiger partial charge in [0.2, 0.25) is 0 Å². The Hall–Kier alpha value is -4.14. The van der Waals surface area contributed by atoms with Gasteiger partial charge in [0.15, 0.2) is 11.5 Å². The minimum Gasteiger partial charge on any atom is -0.744 e. The van der Waals surface area contributed by atoms with Gasteiger partial charge in [-0.15, -0.1) is 10.2 Å². The standard InChI is InChI=1S/C32H26N8O7S2.2Na/c33-25-9-1-17-13-21(48(41,42)43)5-7-23(17)31(25)39-37-19-3-11-29(27(35)15-19)47-30-12-4-20(16-28(30)36)38-40-32-24-8-6-22(49(44,45)46)14-18(24)2-10-26(32)34;;/h1-16H,33-36H2,(H,41,42,43)(H,44,45,46);;/q;2*+1/p-2. The Morgan fingerprint density at radius 2 is 0.863 bits per heavy atom. The topological polar surface area (TPSA) is 277 Å². The first-order valence-electron chi connectivity index (χ1n) is 14.0. The van der Waals surface area contributed by atoms with Crippen LogP contribution in [0.25, 0.3) is 21.5 Å². The summed E-state index contributed by atoms with van der Waals surface area (Å²) in [5, 5.41) is 18.8. The van der Waals surface area contributed by atoms with Crippen molar-refractivity contribution in [3.05, 3.63) is 97.1 Å². The largest absolute Gasteiger partial charge is 1.00 e. The van der Waals surface area contributed by atoms with E-state index in [1.807, 2.05) is 0 Å². The monoisotopic (exact) mass is 742 g/mol. The molecule has 0 aromatic heterocycles. The van der Waals surface area contributed by atoms with E-state index in [0.29, 0.717) is 32.9 Å². The molecule has 0 amide bonds. The van der Waals surface area contributed by atoms with Crippen LogP contribution >= 0.6 is 0 Å². The average Bonchev–Trinajstić information content (AvgIpc) is 3.04. The van der Waals surface area contributed by atoms with Crippen LogP contribution in [-0.4, -0.2) is 25.9 Å². The van der Waals surface area contributed by atoms with E-state index in [1.54, 1.807) is 36.4 Å². The van der Waals surface area contributed by atoms with Gasteiger partial charge in [-0.1, -0.05) is 24.3 Å². The maximum atomic E-state index is 11.4. The number of nitrogens with zero attached hydrogens (tertiary/aromatic N) is 4. The molecule has 0 atom stereocenters. The Morgan fingerprint density at radius 1 is 0.471 bits per heavy atom. The molecule has 248 valence electrons. The third-order valence-corrected chi connectivity index (χ3v) is 8.97. The summed E-state index contributed by atoms with van der Waals surface area (Å²) in [6, 6.07) is 23.3. The molecular weight excluding hydrogens is 719 g/mol. The second kappa shape index (κ2) is 15.6. The van der Waals surface area contributed by atoms with Gasteiger partial charge in [0, 0.05) is 10.8 Å². The Morgan fingerprint density at radius 3 is 1.22 bits per heavy atom. The van der Waals surface area contributed by atoms with Crippen LogP contribution in [-0.2, 0) is 20.2 Å². The molecule has 0 fully saturated rings. The van der Waals surface area contributed by atoms with Gasteiger partial charge in [0.25, 0.3) is 0 Å². The molecule has 0 saturated heterocycles. The van der Waals surface area contributed by atoms with E-state index in [4.69, 9.17) is 27.7 Å². The Labute approximate surface area is 335 Å². The molecule has 6 rings (SSSR count). The number of anilines is 4. The van der Waals surface area contributed by atoms with Crippen LogP contribution in [0.4, 0.5) is 45.5 Å². The summed E-state index contributed by atoms with van der Waals surface area (Å²) < 4.78 is 74.4. The first kappa shape index (κ1) is 39.6. The fraction of sp³-hybridized carbons (Fsp3) is 0. The van der Waals surface area contributed by atoms with Crippen LogP contribution < -0.4 is 86.8 Å². The number of benzene rings is 6. The summed E-state index contributed by atoms with van der Waals surface area (Å²) in [6.45, 7) is 0. The molecule has 0 aliphatic heterocycles. The van der Waals surface area contributed by atoms with Gasteiger partial charge in [0.1, 0.15) is 31.6 Å². The van der Waals surface area contributed by atoms with E-state index in [-0.39, 0.29) is 115 Å². The Kier molecular flexibility index (Phi) is 12.1. The van der Waals surface area contributed by atoms with Crippen LogP contribution in [0.15, 0.2) is 127 Å². The summed E-state index contributed by atoms with van der Waals surface area (Å²) in [6.07, 6.45) is 0. The number of nitrogen functional groups attached to an aromatic ring is 4. The molecule has 0 saturated carbocycles. The zero-order valence-electron chi connectivity index (χ0n) is 27.0. The summed E-state index contributed by atoms with van der Waals surface area (Å²) in [7, 11) is -9.28. The number of azo groups is 2. The van der Waals surface area contributed by atoms with Crippen molar-refractivity contribution in [2.24, 2.45) is 20.5 Å². The second-order valence-electron chi connectivity index (χ2n) is 10.6. The van der Waals surface area contributed by atoms with Crippen LogP contribution in [0.3, 0.4) is 0 Å². The molecule has 0 aliphatic rings. The predicted octanol–water partition coefficient (Wildman–Crippen LogP) is 0.761. The van der Waals surface area contributed by atoms with Gasteiger partial charge in [-0.05, 0) is 83.6 Å². The van der Waals surface area contributed by atoms with Gasteiger partial charge in [-0.25, -0.2) is 16.8 Å². The minimum atomic E-state index is -4.64. The van der Waals surface area contributed by atoms with Gasteiger partial charge in [-0.2, -0.15) is 10.2 Å². The quantitative estimate of drug-likeness (QED) is 0.0731. The number of rotatable bonds is 8. The molecule has 0 spiro atoms. The van der Waals surface area contributed by atoms with Crippen molar-refractivity contribution < 1.29 is 89.8 Å². The number of fused-ring (bicyclic) bond motifs is 2. The summed E-state index contributed by atoms with van der Waals surface area (Å²) >= 11 is 0. The van der Waals surface area contributed by atoms with Gasteiger partial charge in [0.05, 0.1) is 43.9 Å². The van der Waals surface area contributed by atoms with E-state index in [1.165, 1.54) is 60.7 Å². The molecule has 6 aromatic carbocycles. The molecular formula is C32H24N8Na2O7S2. The predicted molar refractivity (Wildman–Crippen MR) is 183 cm³/mol. The molecule has 8 N–H and O–H groups in total. The maximum Gasteiger partial charge on any atom is 1.00 e. The normalized spacial score (nSPS) is 11.9. The smallest absolute Gasteiger partial charge is 0.744 e. The third kappa shape index (κ3) is 8.85. The summed E-state index contributed by atoms with van der Waals surface area (Å²) in [5.74, 6) is 0.554. The van der Waals surface area contributed by atoms with E-state index in [9.17, 15) is 25.9 Å². The zero-order chi connectivity index (χ0) is 35.1. The maximum absolute atomic E-state index is 11.4. The van der Waals surface area contributed by atoms with Crippen LogP contribution in [0.1, 0.15) is 0 Å². The van der Waals surface area contributed by atoms with E-state index >= 15 is 0 Å². The number of nitrogens with two attached hydrogens (primary N) is 4. The first-order valence-corrected chi connectivity index (χ1v) is 16.9. The second-order valence-corrected chi connectivity index (χ2v) is 13.4. The molecule has 19 heteroatoms. The van der Waals surface area contributed by atoms with Crippen LogP contribution in [0.5, 0.6) is 11.5 Å². The molecule has 51 heavy (non-hydrogen) atoms. The van der Waals surface area contributed by atoms with Gasteiger partial charge >= 0.3 is 59.1 Å². The van der Waals surface area contributed by atoms with Crippen molar-refractivity contribution in [2.45, 2.75) is 9.79 Å². The molecule has 15 nitrogen and oxygen atoms in total. The summed E-state index contributed by atoms with van der Waals surface area (Å²) in [4.78, 5) is -0.748. The van der Waals surface area contributed by atoms with Crippen molar-refractivity contribution in [3.63, 3.8) is 0 Å². The van der Waals surface area contributed by atoms with Crippen LogP contribution in [0, 0.1) is 0 Å². The third-order valence-electron chi connectivity index (χ3n) is 7.30. The Balaban J connectivity index is 0.00000292. The molecule has 0 radical (unpaired) electrons. The Bertz CT molecular complexity index is 2430. The van der Waals surface area contributed by atoms with Crippen molar-refractivity contribution >= 4 is 87.3 Å². The number of hydrogen-bond acceptors (Lipinski definition) is 15. The van der Waals surface area contributed by atoms with Crippen molar-refractivity contribution in [1.82, 2.24) is 0 Å². The zero-order valence-corrected chi connectivity index (χ0v) is 32.6. The number of hydrogen-bond donors (Lipinski definition) is 4. The minimum absolute atomic E-state index is 0. The van der Waals surface area contributed by atoms with Gasteiger partial charge in [-0.3, -0.25) is 0 Å². The van der Waals surface area contributed by atoms with E-state index in [2.05, 4.69) is 20.5 Å². The molecule has 0 unspecified atom stereocenters. The van der Waals surface area contributed by atoms with E-state index < -0.39 is 20.2 Å². The molecule has 6 aromatic rings. The number of ether oxygens (including phenoxy) is 1.